The van der Waals surface area contributed by atoms with E-state index >= 15 is 0 Å². The molecule has 0 saturated heterocycles. The fourth-order valence-corrected chi connectivity index (χ4v) is 1.98. The van der Waals surface area contributed by atoms with Crippen LogP contribution in [0.15, 0.2) is 16.6 Å². The highest BCUT2D eigenvalue weighted by Gasteiger charge is 2.10. The summed E-state index contributed by atoms with van der Waals surface area (Å²) in [6.45, 7) is 0.930. The van der Waals surface area contributed by atoms with Crippen LogP contribution in [-0.2, 0) is 6.54 Å². The Bertz CT molecular complexity index is 315. The lowest BCUT2D eigenvalue weighted by Gasteiger charge is -2.10. The average Bonchev–Trinajstić information content (AvgIpc) is 2.17. The third-order valence-electron chi connectivity index (χ3n) is 1.93. The molecule has 0 aliphatic rings. The normalized spacial score (nSPS) is 10.0. The highest BCUT2D eigenvalue weighted by atomic mass is 79.9. The van der Waals surface area contributed by atoms with Crippen LogP contribution in [-0.4, -0.2) is 21.3 Å². The van der Waals surface area contributed by atoms with Crippen LogP contribution < -0.4 is 14.8 Å². The summed E-state index contributed by atoms with van der Waals surface area (Å²) in [5.74, 6) is 1.51. The van der Waals surface area contributed by atoms with Gasteiger partial charge in [0.2, 0.25) is 0 Å². The highest BCUT2D eigenvalue weighted by molar-refractivity contribution is 9.10. The zero-order valence-corrected chi connectivity index (χ0v) is 10.2. The molecule has 0 unspecified atom stereocenters. The maximum absolute atomic E-state index is 5.24. The molecule has 0 saturated carbocycles. The van der Waals surface area contributed by atoms with Crippen molar-refractivity contribution in [3.8, 4) is 11.5 Å². The second-order valence-electron chi connectivity index (χ2n) is 2.93. The quantitative estimate of drug-likeness (QED) is 0.882. The molecule has 0 spiro atoms. The van der Waals surface area contributed by atoms with E-state index in [1.807, 2.05) is 19.2 Å². The highest BCUT2D eigenvalue weighted by Crippen LogP contribution is 2.35. The number of nitrogens with two attached hydrogens (primary N) is 1. The summed E-state index contributed by atoms with van der Waals surface area (Å²) >= 11 is 3.45. The van der Waals surface area contributed by atoms with Gasteiger partial charge in [-0.25, -0.2) is 0 Å². The van der Waals surface area contributed by atoms with Crippen LogP contribution in [0.2, 0.25) is 0 Å². The van der Waals surface area contributed by atoms with Crippen molar-refractivity contribution in [3.05, 3.63) is 22.2 Å². The fourth-order valence-electron chi connectivity index (χ4n) is 1.32. The van der Waals surface area contributed by atoms with Gasteiger partial charge in [-0.3, -0.25) is 0 Å². The van der Waals surface area contributed by atoms with Crippen molar-refractivity contribution in [2.45, 2.75) is 6.54 Å². The Hall–Kier alpha value is -0.740. The predicted octanol–water partition coefficient (Wildman–Crippen LogP) is 1.16. The van der Waals surface area contributed by atoms with Crippen molar-refractivity contribution >= 4 is 15.9 Å². The number of ether oxygens (including phenoxy) is 2. The zero-order chi connectivity index (χ0) is 10.6. The predicted molar refractivity (Wildman–Crippen MR) is 58.8 cm³/mol. The van der Waals surface area contributed by atoms with E-state index in [9.17, 15) is 0 Å². The Labute approximate surface area is 92.5 Å². The number of hydrogen-bond donors (Lipinski definition) is 1. The minimum Gasteiger partial charge on any atom is -0.493 e. The summed E-state index contributed by atoms with van der Waals surface area (Å²) in [4.78, 5) is 0. The lowest BCUT2D eigenvalue weighted by atomic mass is 10.2. The number of hydrogen-bond acceptors (Lipinski definition) is 2. The summed E-state index contributed by atoms with van der Waals surface area (Å²) in [5.41, 5.74) is 1.21. The molecular formula is C10H15BrNO2+. The van der Waals surface area contributed by atoms with Crippen LogP contribution in [0, 0.1) is 0 Å². The molecule has 1 aromatic rings. The summed E-state index contributed by atoms with van der Waals surface area (Å²) in [7, 11) is 5.31. The second-order valence-corrected chi connectivity index (χ2v) is 3.78. The molecule has 0 amide bonds. The van der Waals surface area contributed by atoms with E-state index in [1.54, 1.807) is 14.2 Å². The number of rotatable bonds is 4. The summed E-state index contributed by atoms with van der Waals surface area (Å²) < 4.78 is 11.4. The van der Waals surface area contributed by atoms with Crippen molar-refractivity contribution in [1.82, 2.24) is 0 Å². The molecule has 0 fully saturated rings. The minimum atomic E-state index is 0.743. The minimum absolute atomic E-state index is 0.743. The van der Waals surface area contributed by atoms with Crippen molar-refractivity contribution in [3.63, 3.8) is 0 Å². The Morgan fingerprint density at radius 3 is 2.50 bits per heavy atom. The van der Waals surface area contributed by atoms with E-state index in [2.05, 4.69) is 21.2 Å². The van der Waals surface area contributed by atoms with Gasteiger partial charge in [-0.15, -0.1) is 0 Å². The summed E-state index contributed by atoms with van der Waals surface area (Å²) in [6, 6.07) is 4.03. The fraction of sp³-hybridized carbons (Fsp3) is 0.400. The summed E-state index contributed by atoms with van der Waals surface area (Å²) in [5, 5.41) is 2.10. The Balaban J connectivity index is 3.10. The second kappa shape index (κ2) is 5.22. The molecule has 0 bridgehead atoms. The SMILES string of the molecule is C[NH2+]Cc1cc(Br)c(OC)c(OC)c1. The van der Waals surface area contributed by atoms with Gasteiger partial charge in [0.25, 0.3) is 0 Å². The molecular weight excluding hydrogens is 246 g/mol. The smallest absolute Gasteiger partial charge is 0.174 e. The molecule has 3 nitrogen and oxygen atoms in total. The van der Waals surface area contributed by atoms with Gasteiger partial charge in [-0.05, 0) is 28.1 Å². The number of benzene rings is 1. The van der Waals surface area contributed by atoms with Crippen LogP contribution in [0.25, 0.3) is 0 Å². The van der Waals surface area contributed by atoms with Gasteiger partial charge < -0.3 is 14.8 Å². The van der Waals surface area contributed by atoms with E-state index in [1.165, 1.54) is 5.56 Å². The monoisotopic (exact) mass is 260 g/mol. The first-order chi connectivity index (χ1) is 6.72. The number of quaternary nitrogens is 1. The molecule has 0 heterocycles. The van der Waals surface area contributed by atoms with Crippen LogP contribution in [0.1, 0.15) is 5.56 Å². The van der Waals surface area contributed by atoms with E-state index < -0.39 is 0 Å². The lowest BCUT2D eigenvalue weighted by Crippen LogP contribution is -2.77. The first-order valence-corrected chi connectivity index (χ1v) is 5.20. The molecule has 0 atom stereocenters. The number of halogens is 1. The summed E-state index contributed by atoms with van der Waals surface area (Å²) in [6.07, 6.45) is 0. The van der Waals surface area contributed by atoms with Crippen LogP contribution in [0.5, 0.6) is 11.5 Å². The van der Waals surface area contributed by atoms with Crippen molar-refractivity contribution in [2.75, 3.05) is 21.3 Å². The van der Waals surface area contributed by atoms with E-state index in [4.69, 9.17) is 9.47 Å². The first kappa shape index (κ1) is 11.3. The average molecular weight is 261 g/mol. The molecule has 1 aromatic carbocycles. The largest absolute Gasteiger partial charge is 0.493 e. The first-order valence-electron chi connectivity index (χ1n) is 4.41. The van der Waals surface area contributed by atoms with Crippen molar-refractivity contribution in [2.24, 2.45) is 0 Å². The third kappa shape index (κ3) is 2.39. The molecule has 1 rings (SSSR count). The van der Waals surface area contributed by atoms with Gasteiger partial charge in [0.1, 0.15) is 6.54 Å². The van der Waals surface area contributed by atoms with E-state index in [-0.39, 0.29) is 0 Å². The van der Waals surface area contributed by atoms with Gasteiger partial charge in [0.15, 0.2) is 11.5 Å². The van der Waals surface area contributed by atoms with Crippen LogP contribution >= 0.6 is 15.9 Å². The molecule has 0 aliphatic heterocycles. The standard InChI is InChI=1S/C10H14BrNO2/c1-12-6-7-4-8(11)10(14-3)9(5-7)13-2/h4-5,12H,6H2,1-3H3/p+1. The molecule has 4 heteroatoms. The molecule has 0 aliphatic carbocycles. The van der Waals surface area contributed by atoms with Gasteiger partial charge in [-0.2, -0.15) is 0 Å². The topological polar surface area (TPSA) is 35.1 Å². The van der Waals surface area contributed by atoms with Crippen molar-refractivity contribution in [1.29, 1.82) is 0 Å². The Morgan fingerprint density at radius 1 is 1.29 bits per heavy atom. The molecule has 0 aromatic heterocycles. The molecule has 78 valence electrons. The maximum atomic E-state index is 5.24. The molecule has 2 N–H and O–H groups in total. The zero-order valence-electron chi connectivity index (χ0n) is 8.63. The lowest BCUT2D eigenvalue weighted by molar-refractivity contribution is -0.643. The Morgan fingerprint density at radius 2 is 2.00 bits per heavy atom. The number of methoxy groups -OCH3 is 2. The Kier molecular flexibility index (Phi) is 4.22. The third-order valence-corrected chi connectivity index (χ3v) is 2.52. The maximum Gasteiger partial charge on any atom is 0.174 e. The van der Waals surface area contributed by atoms with Gasteiger partial charge >= 0.3 is 0 Å². The van der Waals surface area contributed by atoms with E-state index in [0.717, 1.165) is 22.5 Å². The van der Waals surface area contributed by atoms with Gasteiger partial charge in [0, 0.05) is 5.56 Å². The van der Waals surface area contributed by atoms with Crippen molar-refractivity contribution < 1.29 is 14.8 Å². The van der Waals surface area contributed by atoms with Crippen LogP contribution in [0.4, 0.5) is 0 Å². The van der Waals surface area contributed by atoms with Crippen LogP contribution in [0.3, 0.4) is 0 Å². The van der Waals surface area contributed by atoms with E-state index in [0.29, 0.717) is 0 Å². The van der Waals surface area contributed by atoms with Gasteiger partial charge in [0.05, 0.1) is 25.7 Å². The molecule has 14 heavy (non-hydrogen) atoms. The van der Waals surface area contributed by atoms with Gasteiger partial charge in [-0.1, -0.05) is 0 Å². The molecule has 0 radical (unpaired) electrons.